The van der Waals surface area contributed by atoms with Crippen LogP contribution in [-0.4, -0.2) is 15.8 Å². The molecule has 3 rings (SSSR count). The van der Waals surface area contributed by atoms with E-state index in [0.29, 0.717) is 12.2 Å². The van der Waals surface area contributed by atoms with Crippen molar-refractivity contribution in [3.05, 3.63) is 48.0 Å². The van der Waals surface area contributed by atoms with Crippen molar-refractivity contribution in [2.24, 2.45) is 0 Å². The number of ether oxygens (including phenoxy) is 1. The molecule has 0 radical (unpaired) electrons. The van der Waals surface area contributed by atoms with E-state index in [1.165, 1.54) is 0 Å². The second kappa shape index (κ2) is 4.53. The summed E-state index contributed by atoms with van der Waals surface area (Å²) >= 11 is 0. The lowest BCUT2D eigenvalue weighted by Crippen LogP contribution is -2.34. The predicted molar refractivity (Wildman–Crippen MR) is 77.8 cm³/mol. The number of rotatable bonds is 1. The molecule has 0 aliphatic carbocycles. The molecule has 0 fully saturated rings. The third-order valence-electron chi connectivity index (χ3n) is 3.66. The summed E-state index contributed by atoms with van der Waals surface area (Å²) in [5, 5.41) is 20.2. The molecular weight excluding hydrogens is 252 g/mol. The fraction of sp³-hybridized carbons (Fsp3) is 0.294. The third-order valence-corrected chi connectivity index (χ3v) is 3.66. The predicted octanol–water partition coefficient (Wildman–Crippen LogP) is 3.65. The van der Waals surface area contributed by atoms with E-state index in [9.17, 15) is 10.2 Å². The topological polar surface area (TPSA) is 49.7 Å². The standard InChI is InChI=1S/C17H18O3/c1-17(2)10-15(19)13-9-11(7-8-16(13)20-17)12-5-3-4-6-14(12)18/h3-9,15,18-19H,10H2,1-2H3. The molecule has 1 atom stereocenters. The number of aromatic hydroxyl groups is 1. The number of aliphatic hydroxyl groups is 1. The number of hydrogen-bond acceptors (Lipinski definition) is 3. The molecule has 0 bridgehead atoms. The SMILES string of the molecule is CC1(C)CC(O)c2cc(-c3ccccc3O)ccc2O1. The number of hydrogen-bond donors (Lipinski definition) is 2. The fourth-order valence-corrected chi connectivity index (χ4v) is 2.70. The normalized spacial score (nSPS) is 20.1. The monoisotopic (exact) mass is 270 g/mol. The van der Waals surface area contributed by atoms with E-state index in [2.05, 4.69) is 0 Å². The Morgan fingerprint density at radius 2 is 1.90 bits per heavy atom. The lowest BCUT2D eigenvalue weighted by Gasteiger charge is -2.35. The molecule has 2 N–H and O–H groups in total. The van der Waals surface area contributed by atoms with Gasteiger partial charge in [0.05, 0.1) is 6.10 Å². The van der Waals surface area contributed by atoms with E-state index in [0.717, 1.165) is 16.7 Å². The van der Waals surface area contributed by atoms with Crippen molar-refractivity contribution in [3.63, 3.8) is 0 Å². The van der Waals surface area contributed by atoms with Crippen molar-refractivity contribution < 1.29 is 14.9 Å². The number of phenols is 1. The Morgan fingerprint density at radius 3 is 2.65 bits per heavy atom. The van der Waals surface area contributed by atoms with E-state index < -0.39 is 6.10 Å². The van der Waals surface area contributed by atoms with Crippen LogP contribution in [0.25, 0.3) is 11.1 Å². The Bertz CT molecular complexity index is 646. The molecule has 1 aliphatic rings. The number of fused-ring (bicyclic) bond motifs is 1. The molecule has 2 aromatic carbocycles. The minimum atomic E-state index is -0.542. The number of benzene rings is 2. The van der Waals surface area contributed by atoms with Crippen molar-refractivity contribution in [2.45, 2.75) is 32.0 Å². The maximum Gasteiger partial charge on any atom is 0.125 e. The van der Waals surface area contributed by atoms with Crippen molar-refractivity contribution in [3.8, 4) is 22.6 Å². The second-order valence-electron chi connectivity index (χ2n) is 5.85. The Labute approximate surface area is 118 Å². The maximum atomic E-state index is 10.3. The van der Waals surface area contributed by atoms with Crippen LogP contribution >= 0.6 is 0 Å². The summed E-state index contributed by atoms with van der Waals surface area (Å²) in [6, 6.07) is 12.8. The zero-order chi connectivity index (χ0) is 14.3. The molecule has 20 heavy (non-hydrogen) atoms. The van der Waals surface area contributed by atoms with Crippen LogP contribution in [0.15, 0.2) is 42.5 Å². The number of phenolic OH excluding ortho intramolecular Hbond substituents is 1. The Morgan fingerprint density at radius 1 is 1.15 bits per heavy atom. The molecule has 0 saturated heterocycles. The third kappa shape index (κ3) is 2.25. The Kier molecular flexibility index (Phi) is 2.94. The summed E-state index contributed by atoms with van der Waals surface area (Å²) in [5.74, 6) is 0.951. The lowest BCUT2D eigenvalue weighted by molar-refractivity contribution is 0.0116. The average Bonchev–Trinajstić information content (AvgIpc) is 2.38. The molecule has 3 nitrogen and oxygen atoms in total. The van der Waals surface area contributed by atoms with Crippen LogP contribution in [-0.2, 0) is 0 Å². The molecule has 1 unspecified atom stereocenters. The number of para-hydroxylation sites is 1. The minimum absolute atomic E-state index is 0.235. The maximum absolute atomic E-state index is 10.3. The first-order valence-electron chi connectivity index (χ1n) is 6.76. The van der Waals surface area contributed by atoms with Gasteiger partial charge in [0, 0.05) is 17.5 Å². The molecule has 0 saturated carbocycles. The van der Waals surface area contributed by atoms with Gasteiger partial charge >= 0.3 is 0 Å². The first kappa shape index (κ1) is 13.0. The van der Waals surface area contributed by atoms with Crippen LogP contribution in [0.3, 0.4) is 0 Å². The summed E-state index contributed by atoms with van der Waals surface area (Å²) in [6.45, 7) is 3.94. The van der Waals surface area contributed by atoms with Gasteiger partial charge in [-0.2, -0.15) is 0 Å². The van der Waals surface area contributed by atoms with Crippen molar-refractivity contribution in [1.29, 1.82) is 0 Å². The summed E-state index contributed by atoms with van der Waals surface area (Å²) in [5.41, 5.74) is 2.06. The average molecular weight is 270 g/mol. The molecular formula is C17H18O3. The zero-order valence-corrected chi connectivity index (χ0v) is 11.6. The smallest absolute Gasteiger partial charge is 0.125 e. The highest BCUT2D eigenvalue weighted by Crippen LogP contribution is 2.42. The molecule has 0 amide bonds. The van der Waals surface area contributed by atoms with Gasteiger partial charge in [0.2, 0.25) is 0 Å². The van der Waals surface area contributed by atoms with Crippen molar-refractivity contribution >= 4 is 0 Å². The van der Waals surface area contributed by atoms with Gasteiger partial charge in [-0.3, -0.25) is 0 Å². The van der Waals surface area contributed by atoms with Crippen LogP contribution in [0.2, 0.25) is 0 Å². The molecule has 104 valence electrons. The zero-order valence-electron chi connectivity index (χ0n) is 11.6. The van der Waals surface area contributed by atoms with Gasteiger partial charge in [0.25, 0.3) is 0 Å². The van der Waals surface area contributed by atoms with Gasteiger partial charge in [-0.1, -0.05) is 24.3 Å². The highest BCUT2D eigenvalue weighted by atomic mass is 16.5. The van der Waals surface area contributed by atoms with Gasteiger partial charge in [-0.05, 0) is 37.6 Å². The summed E-state index contributed by atoms with van der Waals surface area (Å²) in [6.07, 6.45) is 0.0177. The highest BCUT2D eigenvalue weighted by molar-refractivity contribution is 5.71. The largest absolute Gasteiger partial charge is 0.507 e. The summed E-state index contributed by atoms with van der Waals surface area (Å²) < 4.78 is 5.89. The van der Waals surface area contributed by atoms with Gasteiger partial charge in [-0.15, -0.1) is 0 Å². The lowest BCUT2D eigenvalue weighted by atomic mass is 9.90. The summed E-state index contributed by atoms with van der Waals surface area (Å²) in [7, 11) is 0. The van der Waals surface area contributed by atoms with Crippen LogP contribution in [0, 0.1) is 0 Å². The van der Waals surface area contributed by atoms with E-state index >= 15 is 0 Å². The van der Waals surface area contributed by atoms with Gasteiger partial charge in [-0.25, -0.2) is 0 Å². The Hall–Kier alpha value is -2.00. The van der Waals surface area contributed by atoms with Gasteiger partial charge < -0.3 is 14.9 Å². The van der Waals surface area contributed by atoms with Gasteiger partial charge in [0.1, 0.15) is 17.1 Å². The molecule has 0 aromatic heterocycles. The van der Waals surface area contributed by atoms with E-state index in [1.807, 2.05) is 44.2 Å². The highest BCUT2D eigenvalue weighted by Gasteiger charge is 2.32. The quantitative estimate of drug-likeness (QED) is 0.831. The first-order valence-corrected chi connectivity index (χ1v) is 6.76. The van der Waals surface area contributed by atoms with Gasteiger partial charge in [0.15, 0.2) is 0 Å². The van der Waals surface area contributed by atoms with Crippen LogP contribution in [0.5, 0.6) is 11.5 Å². The van der Waals surface area contributed by atoms with Crippen molar-refractivity contribution in [1.82, 2.24) is 0 Å². The molecule has 0 spiro atoms. The number of aliphatic hydroxyl groups excluding tert-OH is 1. The molecule has 1 aliphatic heterocycles. The van der Waals surface area contributed by atoms with E-state index in [1.54, 1.807) is 12.1 Å². The Balaban J connectivity index is 2.07. The van der Waals surface area contributed by atoms with Crippen molar-refractivity contribution in [2.75, 3.05) is 0 Å². The van der Waals surface area contributed by atoms with E-state index in [4.69, 9.17) is 4.74 Å². The first-order chi connectivity index (χ1) is 9.46. The second-order valence-corrected chi connectivity index (χ2v) is 5.85. The van der Waals surface area contributed by atoms with E-state index in [-0.39, 0.29) is 11.4 Å². The molecule has 2 aromatic rings. The van der Waals surface area contributed by atoms with Crippen LogP contribution in [0.1, 0.15) is 31.9 Å². The minimum Gasteiger partial charge on any atom is -0.507 e. The summed E-state index contributed by atoms with van der Waals surface area (Å²) in [4.78, 5) is 0. The van der Waals surface area contributed by atoms with Crippen LogP contribution < -0.4 is 4.74 Å². The molecule has 1 heterocycles. The fourth-order valence-electron chi connectivity index (χ4n) is 2.70. The van der Waals surface area contributed by atoms with Crippen LogP contribution in [0.4, 0.5) is 0 Å². The molecule has 3 heteroatoms.